The normalized spacial score (nSPS) is 9.64. The van der Waals surface area contributed by atoms with Crippen LogP contribution in [-0.2, 0) is 11.2 Å². The lowest BCUT2D eigenvalue weighted by molar-refractivity contribution is -0.116. The van der Waals surface area contributed by atoms with E-state index >= 15 is 0 Å². The minimum absolute atomic E-state index is 0.0484. The number of hydrogen-bond donors (Lipinski definition) is 0. The molecule has 11 heavy (non-hydrogen) atoms. The van der Waals surface area contributed by atoms with Gasteiger partial charge in [-0.25, -0.2) is 9.97 Å². The van der Waals surface area contributed by atoms with Crippen LogP contribution in [0.2, 0.25) is 5.02 Å². The van der Waals surface area contributed by atoms with Crippen LogP contribution in [-0.4, -0.2) is 15.8 Å². The zero-order valence-corrected chi connectivity index (χ0v) is 6.80. The summed E-state index contributed by atoms with van der Waals surface area (Å²) in [7, 11) is 0. The van der Waals surface area contributed by atoms with E-state index in [0.29, 0.717) is 10.8 Å². The number of Topliss-reactive ketones (excluding diaryl/α,β-unsaturated/α-hetero) is 1. The van der Waals surface area contributed by atoms with Crippen LogP contribution in [0.15, 0.2) is 12.4 Å². The molecule has 0 radical (unpaired) electrons. The number of ketones is 1. The Hall–Kier alpha value is -0.960. The van der Waals surface area contributed by atoms with Gasteiger partial charge in [0.15, 0.2) is 0 Å². The SMILES string of the molecule is CC(=O)Cc1ncc(Cl)cn1. The van der Waals surface area contributed by atoms with Crippen molar-refractivity contribution >= 4 is 17.4 Å². The van der Waals surface area contributed by atoms with E-state index in [1.807, 2.05) is 0 Å². The van der Waals surface area contributed by atoms with Gasteiger partial charge in [-0.15, -0.1) is 0 Å². The van der Waals surface area contributed by atoms with Gasteiger partial charge in [-0.1, -0.05) is 11.6 Å². The molecule has 1 rings (SSSR count). The van der Waals surface area contributed by atoms with Crippen molar-refractivity contribution in [1.29, 1.82) is 0 Å². The van der Waals surface area contributed by atoms with Crippen LogP contribution in [0.4, 0.5) is 0 Å². The van der Waals surface area contributed by atoms with Gasteiger partial charge in [0.2, 0.25) is 0 Å². The van der Waals surface area contributed by atoms with Crippen molar-refractivity contribution in [3.8, 4) is 0 Å². The summed E-state index contributed by atoms with van der Waals surface area (Å²) in [5.41, 5.74) is 0. The van der Waals surface area contributed by atoms with E-state index in [-0.39, 0.29) is 12.2 Å². The highest BCUT2D eigenvalue weighted by Gasteiger charge is 1.99. The molecule has 1 heterocycles. The predicted octanol–water partition coefficient (Wildman–Crippen LogP) is 1.26. The van der Waals surface area contributed by atoms with Crippen LogP contribution in [0, 0.1) is 0 Å². The molecule has 0 atom stereocenters. The third-order valence-corrected chi connectivity index (χ3v) is 1.28. The minimum atomic E-state index is 0.0484. The van der Waals surface area contributed by atoms with Crippen molar-refractivity contribution in [2.75, 3.05) is 0 Å². The maximum atomic E-state index is 10.6. The smallest absolute Gasteiger partial charge is 0.137 e. The standard InChI is InChI=1S/C7H7ClN2O/c1-5(11)2-7-9-3-6(8)4-10-7/h3-4H,2H2,1H3. The van der Waals surface area contributed by atoms with Crippen LogP contribution in [0.3, 0.4) is 0 Å². The highest BCUT2D eigenvalue weighted by molar-refractivity contribution is 6.30. The van der Waals surface area contributed by atoms with Crippen LogP contribution in [0.1, 0.15) is 12.7 Å². The third kappa shape index (κ3) is 2.63. The Morgan fingerprint density at radius 2 is 2.09 bits per heavy atom. The summed E-state index contributed by atoms with van der Waals surface area (Å²) in [6.07, 6.45) is 3.23. The lowest BCUT2D eigenvalue weighted by Crippen LogP contribution is -2.01. The van der Waals surface area contributed by atoms with Crippen molar-refractivity contribution in [2.24, 2.45) is 0 Å². The first-order chi connectivity index (χ1) is 5.18. The Morgan fingerprint density at radius 1 is 1.55 bits per heavy atom. The summed E-state index contributed by atoms with van der Waals surface area (Å²) in [5.74, 6) is 0.564. The van der Waals surface area contributed by atoms with Crippen molar-refractivity contribution in [2.45, 2.75) is 13.3 Å². The molecule has 4 heteroatoms. The molecule has 0 aliphatic rings. The molecule has 0 aliphatic carbocycles. The van der Waals surface area contributed by atoms with E-state index in [2.05, 4.69) is 9.97 Å². The number of carbonyl (C=O) groups excluding carboxylic acids is 1. The first-order valence-electron chi connectivity index (χ1n) is 3.14. The average molecular weight is 171 g/mol. The van der Waals surface area contributed by atoms with Crippen LogP contribution < -0.4 is 0 Å². The Labute approximate surface area is 69.4 Å². The zero-order chi connectivity index (χ0) is 8.27. The van der Waals surface area contributed by atoms with Gasteiger partial charge in [-0.05, 0) is 6.92 Å². The van der Waals surface area contributed by atoms with E-state index in [0.717, 1.165) is 0 Å². The van der Waals surface area contributed by atoms with Gasteiger partial charge >= 0.3 is 0 Å². The molecule has 0 aromatic carbocycles. The summed E-state index contributed by atoms with van der Waals surface area (Å²) in [6.45, 7) is 1.50. The maximum Gasteiger partial charge on any atom is 0.137 e. The molecule has 0 bridgehead atoms. The Balaban J connectivity index is 2.74. The second kappa shape index (κ2) is 3.44. The summed E-state index contributed by atoms with van der Waals surface area (Å²) in [5, 5.41) is 0.484. The number of carbonyl (C=O) groups is 1. The first kappa shape index (κ1) is 8.14. The Kier molecular flexibility index (Phi) is 2.54. The topological polar surface area (TPSA) is 42.9 Å². The molecule has 0 aliphatic heterocycles. The summed E-state index contributed by atoms with van der Waals surface area (Å²) in [6, 6.07) is 0. The van der Waals surface area contributed by atoms with Crippen molar-refractivity contribution in [1.82, 2.24) is 9.97 Å². The third-order valence-electron chi connectivity index (χ3n) is 1.08. The molecule has 0 unspecified atom stereocenters. The fourth-order valence-corrected chi connectivity index (χ4v) is 0.751. The Bertz CT molecular complexity index is 258. The van der Waals surface area contributed by atoms with E-state index < -0.39 is 0 Å². The highest BCUT2D eigenvalue weighted by Crippen LogP contribution is 2.02. The fourth-order valence-electron chi connectivity index (χ4n) is 0.653. The second-order valence-corrected chi connectivity index (χ2v) is 2.63. The first-order valence-corrected chi connectivity index (χ1v) is 3.52. The molecule has 0 N–H and O–H groups in total. The van der Waals surface area contributed by atoms with Gasteiger partial charge in [0.25, 0.3) is 0 Å². The van der Waals surface area contributed by atoms with Gasteiger partial charge in [-0.2, -0.15) is 0 Å². The van der Waals surface area contributed by atoms with Gasteiger partial charge in [0.1, 0.15) is 11.6 Å². The van der Waals surface area contributed by atoms with Crippen LogP contribution >= 0.6 is 11.6 Å². The molecule has 1 aromatic heterocycles. The van der Waals surface area contributed by atoms with Gasteiger partial charge in [-0.3, -0.25) is 4.79 Å². The van der Waals surface area contributed by atoms with Gasteiger partial charge in [0, 0.05) is 12.4 Å². The molecular formula is C7H7ClN2O. The quantitative estimate of drug-likeness (QED) is 0.671. The molecule has 0 spiro atoms. The average Bonchev–Trinajstić information content (AvgIpc) is 1.93. The number of nitrogens with zero attached hydrogens (tertiary/aromatic N) is 2. The van der Waals surface area contributed by atoms with E-state index in [1.54, 1.807) is 0 Å². The lowest BCUT2D eigenvalue weighted by Gasteiger charge is -1.93. The maximum absolute atomic E-state index is 10.6. The number of hydrogen-bond acceptors (Lipinski definition) is 3. The predicted molar refractivity (Wildman–Crippen MR) is 41.4 cm³/mol. The van der Waals surface area contributed by atoms with Gasteiger partial charge < -0.3 is 0 Å². The summed E-state index contributed by atoms with van der Waals surface area (Å²) in [4.78, 5) is 18.3. The molecule has 0 saturated heterocycles. The molecule has 0 fully saturated rings. The van der Waals surface area contributed by atoms with E-state index in [1.165, 1.54) is 19.3 Å². The lowest BCUT2D eigenvalue weighted by atomic mass is 10.3. The van der Waals surface area contributed by atoms with Crippen molar-refractivity contribution < 1.29 is 4.79 Å². The number of halogens is 1. The number of rotatable bonds is 2. The highest BCUT2D eigenvalue weighted by atomic mass is 35.5. The Morgan fingerprint density at radius 3 is 2.55 bits per heavy atom. The van der Waals surface area contributed by atoms with Crippen LogP contribution in [0.25, 0.3) is 0 Å². The number of aromatic nitrogens is 2. The molecule has 0 amide bonds. The van der Waals surface area contributed by atoms with Crippen LogP contribution in [0.5, 0.6) is 0 Å². The molecule has 3 nitrogen and oxygen atoms in total. The van der Waals surface area contributed by atoms with E-state index in [4.69, 9.17) is 11.6 Å². The van der Waals surface area contributed by atoms with E-state index in [9.17, 15) is 4.79 Å². The minimum Gasteiger partial charge on any atom is -0.300 e. The molecule has 58 valence electrons. The molecule has 0 saturated carbocycles. The van der Waals surface area contributed by atoms with Crippen molar-refractivity contribution in [3.05, 3.63) is 23.2 Å². The second-order valence-electron chi connectivity index (χ2n) is 2.20. The summed E-state index contributed by atoms with van der Waals surface area (Å²) >= 11 is 5.54. The largest absolute Gasteiger partial charge is 0.300 e. The van der Waals surface area contributed by atoms with Crippen molar-refractivity contribution in [3.63, 3.8) is 0 Å². The monoisotopic (exact) mass is 170 g/mol. The fraction of sp³-hybridized carbons (Fsp3) is 0.286. The molecular weight excluding hydrogens is 164 g/mol. The molecule has 1 aromatic rings. The zero-order valence-electron chi connectivity index (χ0n) is 6.04. The van der Waals surface area contributed by atoms with Gasteiger partial charge in [0.05, 0.1) is 11.4 Å². The summed E-state index contributed by atoms with van der Waals surface area (Å²) < 4.78 is 0.